The zero-order valence-electron chi connectivity index (χ0n) is 10.5. The van der Waals surface area contributed by atoms with Gasteiger partial charge in [0.2, 0.25) is 5.91 Å². The molecule has 1 atom stereocenters. The highest BCUT2D eigenvalue weighted by molar-refractivity contribution is 9.10. The second-order valence-corrected chi connectivity index (χ2v) is 5.39. The summed E-state index contributed by atoms with van der Waals surface area (Å²) in [4.78, 5) is 12.0. The van der Waals surface area contributed by atoms with Crippen LogP contribution < -0.4 is 11.1 Å². The number of nitrogens with two attached hydrogens (primary N) is 1. The summed E-state index contributed by atoms with van der Waals surface area (Å²) in [6, 6.07) is 5.75. The molecule has 1 rings (SSSR count). The molecule has 0 fully saturated rings. The number of carbonyl (C=O) groups is 1. The van der Waals surface area contributed by atoms with Gasteiger partial charge in [-0.3, -0.25) is 4.79 Å². The monoisotopic (exact) mass is 298 g/mol. The Morgan fingerprint density at radius 3 is 2.59 bits per heavy atom. The average molecular weight is 299 g/mol. The lowest BCUT2D eigenvalue weighted by atomic mass is 9.95. The number of amides is 1. The van der Waals surface area contributed by atoms with Crippen molar-refractivity contribution in [3.63, 3.8) is 0 Å². The van der Waals surface area contributed by atoms with Crippen LogP contribution in [0, 0.1) is 18.8 Å². The first-order valence-electron chi connectivity index (χ1n) is 5.72. The minimum Gasteiger partial charge on any atom is -0.330 e. The fourth-order valence-corrected chi connectivity index (χ4v) is 1.89. The van der Waals surface area contributed by atoms with Gasteiger partial charge in [-0.2, -0.15) is 0 Å². The van der Waals surface area contributed by atoms with E-state index in [0.717, 1.165) is 15.7 Å². The van der Waals surface area contributed by atoms with E-state index in [4.69, 9.17) is 5.73 Å². The number of nitrogens with one attached hydrogen (secondary N) is 1. The van der Waals surface area contributed by atoms with E-state index in [9.17, 15) is 4.79 Å². The summed E-state index contributed by atoms with van der Waals surface area (Å²) in [6.07, 6.45) is 0. The Morgan fingerprint density at radius 2 is 2.12 bits per heavy atom. The van der Waals surface area contributed by atoms with Crippen LogP contribution in [-0.4, -0.2) is 12.5 Å². The lowest BCUT2D eigenvalue weighted by Gasteiger charge is -2.18. The quantitative estimate of drug-likeness (QED) is 0.898. The van der Waals surface area contributed by atoms with Crippen molar-refractivity contribution in [3.05, 3.63) is 28.2 Å². The molecule has 0 spiro atoms. The molecule has 0 saturated carbocycles. The summed E-state index contributed by atoms with van der Waals surface area (Å²) in [5.74, 6) is 0.0970. The molecule has 3 N–H and O–H groups in total. The number of carbonyl (C=O) groups excluding carboxylic acids is 1. The molecule has 0 saturated heterocycles. The molecule has 0 radical (unpaired) electrons. The van der Waals surface area contributed by atoms with E-state index in [0.29, 0.717) is 6.54 Å². The molecule has 0 bridgehead atoms. The van der Waals surface area contributed by atoms with Crippen molar-refractivity contribution in [1.29, 1.82) is 0 Å². The van der Waals surface area contributed by atoms with Crippen LogP contribution in [0.1, 0.15) is 19.4 Å². The van der Waals surface area contributed by atoms with Crippen LogP contribution in [0.5, 0.6) is 0 Å². The van der Waals surface area contributed by atoms with Gasteiger partial charge in [0.25, 0.3) is 0 Å². The first-order chi connectivity index (χ1) is 7.95. The molecule has 0 aliphatic carbocycles. The van der Waals surface area contributed by atoms with Gasteiger partial charge >= 0.3 is 0 Å². The molecule has 1 amide bonds. The zero-order valence-corrected chi connectivity index (χ0v) is 12.0. The van der Waals surface area contributed by atoms with E-state index in [-0.39, 0.29) is 17.7 Å². The van der Waals surface area contributed by atoms with Crippen molar-refractivity contribution in [2.75, 3.05) is 11.9 Å². The third-order valence-electron chi connectivity index (χ3n) is 2.82. The van der Waals surface area contributed by atoms with Crippen LogP contribution in [0.4, 0.5) is 5.69 Å². The van der Waals surface area contributed by atoms with Gasteiger partial charge in [0, 0.05) is 16.7 Å². The Hall–Kier alpha value is -0.870. The Bertz CT molecular complexity index is 404. The van der Waals surface area contributed by atoms with Gasteiger partial charge in [0.05, 0.1) is 5.92 Å². The molecule has 0 aromatic heterocycles. The van der Waals surface area contributed by atoms with Gasteiger partial charge in [-0.25, -0.2) is 0 Å². The number of anilines is 1. The van der Waals surface area contributed by atoms with Crippen molar-refractivity contribution in [2.45, 2.75) is 20.8 Å². The molecule has 1 unspecified atom stereocenters. The van der Waals surface area contributed by atoms with Crippen molar-refractivity contribution >= 4 is 27.5 Å². The molecule has 3 nitrogen and oxygen atoms in total. The lowest BCUT2D eigenvalue weighted by Crippen LogP contribution is -2.33. The summed E-state index contributed by atoms with van der Waals surface area (Å²) in [7, 11) is 0. The topological polar surface area (TPSA) is 55.1 Å². The third kappa shape index (κ3) is 3.82. The normalized spacial score (nSPS) is 12.6. The molecule has 0 heterocycles. The number of hydrogen-bond donors (Lipinski definition) is 2. The maximum atomic E-state index is 12.0. The van der Waals surface area contributed by atoms with Crippen molar-refractivity contribution in [3.8, 4) is 0 Å². The molecule has 0 aliphatic rings. The summed E-state index contributed by atoms with van der Waals surface area (Å²) in [6.45, 7) is 6.37. The highest BCUT2D eigenvalue weighted by atomic mass is 79.9. The Balaban J connectivity index is 2.77. The average Bonchev–Trinajstić information content (AvgIpc) is 2.24. The summed E-state index contributed by atoms with van der Waals surface area (Å²) in [5.41, 5.74) is 7.52. The van der Waals surface area contributed by atoms with Gasteiger partial charge in [-0.15, -0.1) is 0 Å². The summed E-state index contributed by atoms with van der Waals surface area (Å²) >= 11 is 3.43. The van der Waals surface area contributed by atoms with Crippen molar-refractivity contribution in [2.24, 2.45) is 17.6 Å². The number of rotatable bonds is 4. The Labute approximate surface area is 111 Å². The Morgan fingerprint density at radius 1 is 1.47 bits per heavy atom. The number of benzene rings is 1. The summed E-state index contributed by atoms with van der Waals surface area (Å²) < 4.78 is 1.04. The van der Waals surface area contributed by atoms with Gasteiger partial charge in [0.15, 0.2) is 0 Å². The van der Waals surface area contributed by atoms with Crippen LogP contribution in [0.3, 0.4) is 0 Å². The van der Waals surface area contributed by atoms with Crippen LogP contribution in [0.15, 0.2) is 22.7 Å². The van der Waals surface area contributed by atoms with Gasteiger partial charge < -0.3 is 11.1 Å². The minimum atomic E-state index is -0.140. The van der Waals surface area contributed by atoms with E-state index in [2.05, 4.69) is 21.2 Å². The maximum Gasteiger partial charge on any atom is 0.229 e. The lowest BCUT2D eigenvalue weighted by molar-refractivity contribution is -0.120. The zero-order chi connectivity index (χ0) is 13.0. The fraction of sp³-hybridized carbons (Fsp3) is 0.462. The van der Waals surface area contributed by atoms with Crippen LogP contribution in [0.25, 0.3) is 0 Å². The molecule has 1 aromatic rings. The molecule has 0 aliphatic heterocycles. The minimum absolute atomic E-state index is 0.00998. The van der Waals surface area contributed by atoms with E-state index in [1.54, 1.807) is 0 Å². The fourth-order valence-electron chi connectivity index (χ4n) is 1.64. The molecular formula is C13H19BrN2O. The largest absolute Gasteiger partial charge is 0.330 e. The predicted molar refractivity (Wildman–Crippen MR) is 74.9 cm³/mol. The SMILES string of the molecule is Cc1cc(NC(=O)C(CN)C(C)C)ccc1Br. The van der Waals surface area contributed by atoms with Gasteiger partial charge in [-0.1, -0.05) is 29.8 Å². The van der Waals surface area contributed by atoms with Crippen LogP contribution in [-0.2, 0) is 4.79 Å². The standard InChI is InChI=1S/C13H19BrN2O/c1-8(2)11(7-15)13(17)16-10-4-5-12(14)9(3)6-10/h4-6,8,11H,7,15H2,1-3H3,(H,16,17). The van der Waals surface area contributed by atoms with Crippen LogP contribution in [0.2, 0.25) is 0 Å². The highest BCUT2D eigenvalue weighted by Crippen LogP contribution is 2.21. The maximum absolute atomic E-state index is 12.0. The number of aryl methyl sites for hydroxylation is 1. The first-order valence-corrected chi connectivity index (χ1v) is 6.52. The van der Waals surface area contributed by atoms with E-state index >= 15 is 0 Å². The van der Waals surface area contributed by atoms with Gasteiger partial charge in [-0.05, 0) is 36.6 Å². The number of halogens is 1. The third-order valence-corrected chi connectivity index (χ3v) is 3.71. The first kappa shape index (κ1) is 14.2. The Kier molecular flexibility index (Phi) is 5.15. The van der Waals surface area contributed by atoms with Gasteiger partial charge in [0.1, 0.15) is 0 Å². The van der Waals surface area contributed by atoms with E-state index < -0.39 is 0 Å². The van der Waals surface area contributed by atoms with Crippen LogP contribution >= 0.6 is 15.9 Å². The van der Waals surface area contributed by atoms with E-state index in [1.807, 2.05) is 39.0 Å². The van der Waals surface area contributed by atoms with Crippen molar-refractivity contribution < 1.29 is 4.79 Å². The smallest absolute Gasteiger partial charge is 0.229 e. The second-order valence-electron chi connectivity index (χ2n) is 4.54. The van der Waals surface area contributed by atoms with E-state index in [1.165, 1.54) is 0 Å². The predicted octanol–water partition coefficient (Wildman–Crippen LogP) is 2.93. The molecule has 17 heavy (non-hydrogen) atoms. The summed E-state index contributed by atoms with van der Waals surface area (Å²) in [5, 5.41) is 2.90. The molecule has 4 heteroatoms. The second kappa shape index (κ2) is 6.17. The highest BCUT2D eigenvalue weighted by Gasteiger charge is 2.20. The molecular weight excluding hydrogens is 280 g/mol. The van der Waals surface area contributed by atoms with Crippen molar-refractivity contribution in [1.82, 2.24) is 0 Å². The molecule has 94 valence electrons. The number of hydrogen-bond acceptors (Lipinski definition) is 2. The molecule has 1 aromatic carbocycles.